The maximum atomic E-state index is 13.0. The van der Waals surface area contributed by atoms with Gasteiger partial charge in [0.1, 0.15) is 5.75 Å². The second-order valence-corrected chi connectivity index (χ2v) is 7.49. The Balaban J connectivity index is 1.60. The Labute approximate surface area is 152 Å². The number of benzene rings is 1. The molecule has 2 aliphatic heterocycles. The summed E-state index contributed by atoms with van der Waals surface area (Å²) >= 11 is 0. The standard InChI is InChI=1S/C19H26N4O3/c1-3-11(2)23-17-8-15(24)4-5-16(17)18(22-23)19(25)21-12-6-13-9-26-10-14(7-12)20-13/h4-5,8,11-14,20,24H,3,6-7,9-10H2,1-2H3,(H,21,25)/t11?,12?,13-,14+. The van der Waals surface area contributed by atoms with Crippen LogP contribution in [0.3, 0.4) is 0 Å². The number of carbonyl (C=O) groups excluding carboxylic acids is 1. The molecule has 3 heterocycles. The number of hydrogen-bond acceptors (Lipinski definition) is 5. The first-order valence-electron chi connectivity index (χ1n) is 9.41. The summed E-state index contributed by atoms with van der Waals surface area (Å²) in [5, 5.41) is 21.9. The van der Waals surface area contributed by atoms with Crippen molar-refractivity contribution in [1.82, 2.24) is 20.4 Å². The fourth-order valence-corrected chi connectivity index (χ4v) is 4.01. The van der Waals surface area contributed by atoms with Gasteiger partial charge in [-0.1, -0.05) is 6.92 Å². The van der Waals surface area contributed by atoms with E-state index in [9.17, 15) is 9.90 Å². The highest BCUT2D eigenvalue weighted by Gasteiger charge is 2.33. The molecule has 7 nitrogen and oxygen atoms in total. The number of piperidine rings is 1. The van der Waals surface area contributed by atoms with Crippen LogP contribution in [0, 0.1) is 0 Å². The molecule has 1 aromatic heterocycles. The van der Waals surface area contributed by atoms with Crippen LogP contribution in [0.1, 0.15) is 49.6 Å². The quantitative estimate of drug-likeness (QED) is 0.778. The number of aromatic nitrogens is 2. The molecule has 2 unspecified atom stereocenters. The highest BCUT2D eigenvalue weighted by atomic mass is 16.5. The van der Waals surface area contributed by atoms with Crippen LogP contribution < -0.4 is 10.6 Å². The van der Waals surface area contributed by atoms with E-state index in [-0.39, 0.29) is 23.7 Å². The summed E-state index contributed by atoms with van der Waals surface area (Å²) in [4.78, 5) is 13.0. The minimum atomic E-state index is -0.145. The highest BCUT2D eigenvalue weighted by Crippen LogP contribution is 2.27. The zero-order chi connectivity index (χ0) is 18.3. The lowest BCUT2D eigenvalue weighted by Gasteiger charge is -2.40. The van der Waals surface area contributed by atoms with E-state index < -0.39 is 0 Å². The van der Waals surface area contributed by atoms with Crippen molar-refractivity contribution in [3.8, 4) is 5.75 Å². The minimum Gasteiger partial charge on any atom is -0.508 e. The van der Waals surface area contributed by atoms with Crippen LogP contribution in [0.5, 0.6) is 5.75 Å². The molecule has 0 radical (unpaired) electrons. The number of phenolic OH excluding ortho intramolecular Hbond substituents is 1. The number of amides is 1. The number of nitrogens with zero attached hydrogens (tertiary/aromatic N) is 2. The summed E-state index contributed by atoms with van der Waals surface area (Å²) < 4.78 is 7.41. The Morgan fingerprint density at radius 1 is 1.42 bits per heavy atom. The van der Waals surface area contributed by atoms with Gasteiger partial charge in [0.15, 0.2) is 5.69 Å². The normalized spacial score (nSPS) is 26.6. The fourth-order valence-electron chi connectivity index (χ4n) is 4.01. The molecule has 140 valence electrons. The maximum absolute atomic E-state index is 13.0. The molecule has 1 aromatic carbocycles. The summed E-state index contributed by atoms with van der Waals surface area (Å²) in [6.07, 6.45) is 2.63. The maximum Gasteiger partial charge on any atom is 0.272 e. The molecule has 3 N–H and O–H groups in total. The predicted octanol–water partition coefficient (Wildman–Crippen LogP) is 1.96. The molecule has 2 aromatic rings. The third-order valence-corrected chi connectivity index (χ3v) is 5.50. The van der Waals surface area contributed by atoms with E-state index in [4.69, 9.17) is 4.74 Å². The van der Waals surface area contributed by atoms with Gasteiger partial charge in [0.05, 0.1) is 18.7 Å². The fraction of sp³-hybridized carbons (Fsp3) is 0.579. The van der Waals surface area contributed by atoms with E-state index >= 15 is 0 Å². The summed E-state index contributed by atoms with van der Waals surface area (Å²) in [5.41, 5.74) is 1.22. The van der Waals surface area contributed by atoms with Gasteiger partial charge in [-0.25, -0.2) is 0 Å². The zero-order valence-electron chi connectivity index (χ0n) is 15.2. The third kappa shape index (κ3) is 3.17. The van der Waals surface area contributed by atoms with Crippen molar-refractivity contribution in [2.24, 2.45) is 0 Å². The Hall–Kier alpha value is -2.12. The molecule has 26 heavy (non-hydrogen) atoms. The van der Waals surface area contributed by atoms with Gasteiger partial charge in [0.2, 0.25) is 0 Å². The molecular weight excluding hydrogens is 332 g/mol. The van der Waals surface area contributed by atoms with Crippen LogP contribution in [0.4, 0.5) is 0 Å². The zero-order valence-corrected chi connectivity index (χ0v) is 15.2. The van der Waals surface area contributed by atoms with Crippen LogP contribution in [0.2, 0.25) is 0 Å². The topological polar surface area (TPSA) is 88.4 Å². The van der Waals surface area contributed by atoms with Crippen molar-refractivity contribution in [3.63, 3.8) is 0 Å². The Bertz CT molecular complexity index is 806. The number of morpholine rings is 1. The molecule has 0 saturated carbocycles. The summed E-state index contributed by atoms with van der Waals surface area (Å²) in [6, 6.07) is 5.94. The molecule has 4 atom stereocenters. The van der Waals surface area contributed by atoms with E-state index in [1.807, 2.05) is 4.68 Å². The molecule has 0 aliphatic carbocycles. The monoisotopic (exact) mass is 358 g/mol. The van der Waals surface area contributed by atoms with Crippen molar-refractivity contribution in [1.29, 1.82) is 0 Å². The van der Waals surface area contributed by atoms with Gasteiger partial charge in [-0.05, 0) is 38.3 Å². The van der Waals surface area contributed by atoms with Crippen molar-refractivity contribution < 1.29 is 14.6 Å². The number of rotatable bonds is 4. The largest absolute Gasteiger partial charge is 0.508 e. The van der Waals surface area contributed by atoms with E-state index in [1.54, 1.807) is 18.2 Å². The van der Waals surface area contributed by atoms with Gasteiger partial charge in [0.25, 0.3) is 5.91 Å². The lowest BCUT2D eigenvalue weighted by atomic mass is 9.92. The SMILES string of the molecule is CCC(C)n1nc(C(=O)NC2C[C@H]3COC[C@@H](C2)N3)c2ccc(O)cc21. The smallest absolute Gasteiger partial charge is 0.272 e. The van der Waals surface area contributed by atoms with Gasteiger partial charge >= 0.3 is 0 Å². The van der Waals surface area contributed by atoms with E-state index in [2.05, 4.69) is 29.6 Å². The van der Waals surface area contributed by atoms with Gasteiger partial charge in [0, 0.05) is 35.6 Å². The molecule has 2 saturated heterocycles. The first kappa shape index (κ1) is 17.3. The first-order valence-corrected chi connectivity index (χ1v) is 9.41. The summed E-state index contributed by atoms with van der Waals surface area (Å²) in [7, 11) is 0. The second-order valence-electron chi connectivity index (χ2n) is 7.49. The van der Waals surface area contributed by atoms with Crippen molar-refractivity contribution in [2.45, 2.75) is 57.3 Å². The molecule has 2 fully saturated rings. The number of carbonyl (C=O) groups is 1. The van der Waals surface area contributed by atoms with Gasteiger partial charge in [-0.2, -0.15) is 5.10 Å². The van der Waals surface area contributed by atoms with Crippen LogP contribution >= 0.6 is 0 Å². The molecular formula is C19H26N4O3. The third-order valence-electron chi connectivity index (χ3n) is 5.50. The van der Waals surface area contributed by atoms with Crippen molar-refractivity contribution in [3.05, 3.63) is 23.9 Å². The van der Waals surface area contributed by atoms with Gasteiger partial charge in [-0.15, -0.1) is 0 Å². The Morgan fingerprint density at radius 2 is 2.15 bits per heavy atom. The summed E-state index contributed by atoms with van der Waals surface area (Å²) in [6.45, 7) is 5.55. The Morgan fingerprint density at radius 3 is 2.85 bits per heavy atom. The Kier molecular flexibility index (Phi) is 4.58. The lowest BCUT2D eigenvalue weighted by Crippen LogP contribution is -2.58. The number of ether oxygens (including phenoxy) is 1. The van der Waals surface area contributed by atoms with Crippen LogP contribution in [-0.4, -0.2) is 52.1 Å². The van der Waals surface area contributed by atoms with Crippen LogP contribution in [-0.2, 0) is 4.74 Å². The molecule has 2 bridgehead atoms. The van der Waals surface area contributed by atoms with E-state index in [0.717, 1.165) is 30.2 Å². The average molecular weight is 358 g/mol. The van der Waals surface area contributed by atoms with Crippen molar-refractivity contribution in [2.75, 3.05) is 13.2 Å². The number of fused-ring (bicyclic) bond motifs is 3. The number of phenols is 1. The van der Waals surface area contributed by atoms with Gasteiger partial charge in [-0.3, -0.25) is 9.48 Å². The number of nitrogens with one attached hydrogen (secondary N) is 2. The predicted molar refractivity (Wildman–Crippen MR) is 98.4 cm³/mol. The van der Waals surface area contributed by atoms with E-state index in [1.165, 1.54) is 0 Å². The van der Waals surface area contributed by atoms with Crippen molar-refractivity contribution >= 4 is 16.8 Å². The number of hydrogen-bond donors (Lipinski definition) is 3. The minimum absolute atomic E-state index is 0.128. The second kappa shape index (κ2) is 6.89. The molecule has 1 amide bonds. The van der Waals surface area contributed by atoms with Crippen LogP contribution in [0.15, 0.2) is 18.2 Å². The first-order chi connectivity index (χ1) is 12.5. The van der Waals surface area contributed by atoms with E-state index in [0.29, 0.717) is 31.0 Å². The highest BCUT2D eigenvalue weighted by molar-refractivity contribution is 6.05. The van der Waals surface area contributed by atoms with Crippen LogP contribution in [0.25, 0.3) is 10.9 Å². The lowest BCUT2D eigenvalue weighted by molar-refractivity contribution is 0.0148. The summed E-state index contributed by atoms with van der Waals surface area (Å²) in [5.74, 6) is 0.0359. The molecule has 0 spiro atoms. The molecule has 7 heteroatoms. The number of aromatic hydroxyl groups is 1. The molecule has 4 rings (SSSR count). The van der Waals surface area contributed by atoms with Gasteiger partial charge < -0.3 is 20.5 Å². The molecule has 2 aliphatic rings. The average Bonchev–Trinajstić information content (AvgIpc) is 2.99.